The molecule has 0 aliphatic carbocycles. The van der Waals surface area contributed by atoms with Gasteiger partial charge in [0.2, 0.25) is 17.6 Å². The molecule has 1 atom stereocenters. The number of benzene rings is 2. The number of carbonyl (C=O) groups is 1. The number of hydrogen-bond acceptors (Lipinski definition) is 5. The summed E-state index contributed by atoms with van der Waals surface area (Å²) in [6.45, 7) is 3.40. The first-order chi connectivity index (χ1) is 14.0. The standard InChI is InChI=1S/C21H19ClFN3O3/c1-2-28-18-6-4-3-5-14(18)11-26-12-15(10-19(26)27)21-24-20(25-29-21)13-7-8-16(22)17(23)9-13/h3-9,15H,2,10-12H2,1H3. The van der Waals surface area contributed by atoms with Gasteiger partial charge in [-0.15, -0.1) is 0 Å². The van der Waals surface area contributed by atoms with Crippen molar-refractivity contribution >= 4 is 17.5 Å². The van der Waals surface area contributed by atoms with Crippen LogP contribution in [0.3, 0.4) is 0 Å². The molecule has 0 bridgehead atoms. The van der Waals surface area contributed by atoms with Crippen molar-refractivity contribution in [1.29, 1.82) is 0 Å². The van der Waals surface area contributed by atoms with E-state index in [1.54, 1.807) is 11.0 Å². The molecule has 1 fully saturated rings. The lowest BCUT2D eigenvalue weighted by molar-refractivity contribution is -0.128. The summed E-state index contributed by atoms with van der Waals surface area (Å²) in [4.78, 5) is 18.6. The third kappa shape index (κ3) is 4.10. The molecule has 2 heterocycles. The number of hydrogen-bond donors (Lipinski definition) is 0. The molecule has 1 unspecified atom stereocenters. The quantitative estimate of drug-likeness (QED) is 0.595. The summed E-state index contributed by atoms with van der Waals surface area (Å²) in [5, 5.41) is 3.96. The first-order valence-electron chi connectivity index (χ1n) is 9.32. The molecule has 1 aliphatic rings. The highest BCUT2D eigenvalue weighted by Crippen LogP contribution is 2.31. The zero-order valence-electron chi connectivity index (χ0n) is 15.8. The van der Waals surface area contributed by atoms with Gasteiger partial charge in [0.25, 0.3) is 0 Å². The van der Waals surface area contributed by atoms with Crippen LogP contribution in [0.5, 0.6) is 5.75 Å². The molecule has 1 aliphatic heterocycles. The van der Waals surface area contributed by atoms with Crippen molar-refractivity contribution in [1.82, 2.24) is 15.0 Å². The summed E-state index contributed by atoms with van der Waals surface area (Å²) in [5.41, 5.74) is 1.42. The van der Waals surface area contributed by atoms with Crippen molar-refractivity contribution in [2.45, 2.75) is 25.8 Å². The molecule has 1 amide bonds. The lowest BCUT2D eigenvalue weighted by Crippen LogP contribution is -2.24. The van der Waals surface area contributed by atoms with Crippen molar-refractivity contribution in [2.75, 3.05) is 13.2 Å². The zero-order valence-corrected chi connectivity index (χ0v) is 16.5. The Balaban J connectivity index is 1.49. The van der Waals surface area contributed by atoms with E-state index in [4.69, 9.17) is 20.9 Å². The Bertz CT molecular complexity index is 1040. The number of aromatic nitrogens is 2. The van der Waals surface area contributed by atoms with Gasteiger partial charge in [0.1, 0.15) is 11.6 Å². The van der Waals surface area contributed by atoms with Crippen LogP contribution in [0.4, 0.5) is 4.39 Å². The maximum absolute atomic E-state index is 13.7. The Morgan fingerprint density at radius 1 is 1.31 bits per heavy atom. The maximum atomic E-state index is 13.7. The molecule has 8 heteroatoms. The molecule has 0 spiro atoms. The highest BCUT2D eigenvalue weighted by atomic mass is 35.5. The van der Waals surface area contributed by atoms with Gasteiger partial charge in [-0.2, -0.15) is 4.98 Å². The fourth-order valence-electron chi connectivity index (χ4n) is 3.38. The molecule has 0 N–H and O–H groups in total. The van der Waals surface area contributed by atoms with Crippen LogP contribution in [0.15, 0.2) is 47.0 Å². The van der Waals surface area contributed by atoms with E-state index in [-0.39, 0.29) is 29.1 Å². The zero-order chi connectivity index (χ0) is 20.4. The van der Waals surface area contributed by atoms with Crippen molar-refractivity contribution in [3.05, 3.63) is 64.8 Å². The minimum Gasteiger partial charge on any atom is -0.494 e. The molecule has 1 aromatic heterocycles. The van der Waals surface area contributed by atoms with Crippen molar-refractivity contribution < 1.29 is 18.4 Å². The van der Waals surface area contributed by atoms with Crippen molar-refractivity contribution in [2.24, 2.45) is 0 Å². The number of para-hydroxylation sites is 1. The fraction of sp³-hybridized carbons (Fsp3) is 0.286. The third-order valence-corrected chi connectivity index (χ3v) is 5.12. The molecule has 1 saturated heterocycles. The molecule has 150 valence electrons. The van der Waals surface area contributed by atoms with Gasteiger partial charge in [-0.3, -0.25) is 4.79 Å². The van der Waals surface area contributed by atoms with E-state index in [2.05, 4.69) is 10.1 Å². The normalized spacial score (nSPS) is 16.4. The number of nitrogens with zero attached hydrogens (tertiary/aromatic N) is 3. The van der Waals surface area contributed by atoms with Crippen LogP contribution >= 0.6 is 11.6 Å². The largest absolute Gasteiger partial charge is 0.494 e. The van der Waals surface area contributed by atoms with E-state index < -0.39 is 5.82 Å². The third-order valence-electron chi connectivity index (χ3n) is 4.82. The summed E-state index contributed by atoms with van der Waals surface area (Å²) >= 11 is 5.72. The van der Waals surface area contributed by atoms with Crippen LogP contribution in [-0.2, 0) is 11.3 Å². The van der Waals surface area contributed by atoms with E-state index >= 15 is 0 Å². The van der Waals surface area contributed by atoms with Gasteiger partial charge in [-0.25, -0.2) is 4.39 Å². The van der Waals surface area contributed by atoms with Gasteiger partial charge < -0.3 is 14.2 Å². The number of rotatable bonds is 6. The highest BCUT2D eigenvalue weighted by Gasteiger charge is 2.34. The van der Waals surface area contributed by atoms with Crippen LogP contribution in [0.2, 0.25) is 5.02 Å². The SMILES string of the molecule is CCOc1ccccc1CN1CC(c2nc(-c3ccc(Cl)c(F)c3)no2)CC1=O. The maximum Gasteiger partial charge on any atom is 0.232 e. The number of likely N-dealkylation sites (tertiary alicyclic amines) is 1. The van der Waals surface area contributed by atoms with Crippen LogP contribution in [0.1, 0.15) is 30.7 Å². The Morgan fingerprint density at radius 2 is 2.14 bits per heavy atom. The monoisotopic (exact) mass is 415 g/mol. The fourth-order valence-corrected chi connectivity index (χ4v) is 3.50. The van der Waals surface area contributed by atoms with Gasteiger partial charge >= 0.3 is 0 Å². The Labute approximate surface area is 172 Å². The first kappa shape index (κ1) is 19.4. The molecule has 4 rings (SSSR count). The van der Waals surface area contributed by atoms with Crippen molar-refractivity contribution in [3.63, 3.8) is 0 Å². The van der Waals surface area contributed by atoms with Crippen LogP contribution < -0.4 is 4.74 Å². The topological polar surface area (TPSA) is 68.5 Å². The predicted octanol–water partition coefficient (Wildman–Crippen LogP) is 4.44. The Kier molecular flexibility index (Phi) is 5.49. The minimum atomic E-state index is -0.550. The summed E-state index contributed by atoms with van der Waals surface area (Å²) in [7, 11) is 0. The molecular weight excluding hydrogens is 397 g/mol. The molecular formula is C21H19ClFN3O3. The second kappa shape index (κ2) is 8.21. The molecule has 3 aromatic rings. The lowest BCUT2D eigenvalue weighted by atomic mass is 10.1. The second-order valence-electron chi connectivity index (χ2n) is 6.80. The first-order valence-corrected chi connectivity index (χ1v) is 9.70. The summed E-state index contributed by atoms with van der Waals surface area (Å²) in [6.07, 6.45) is 0.285. The summed E-state index contributed by atoms with van der Waals surface area (Å²) < 4.78 is 24.7. The number of halogens is 2. The Morgan fingerprint density at radius 3 is 2.93 bits per heavy atom. The summed E-state index contributed by atoms with van der Waals surface area (Å²) in [6, 6.07) is 12.0. The average molecular weight is 416 g/mol. The smallest absolute Gasteiger partial charge is 0.232 e. The second-order valence-corrected chi connectivity index (χ2v) is 7.21. The van der Waals surface area contributed by atoms with E-state index in [0.717, 1.165) is 11.3 Å². The molecule has 6 nitrogen and oxygen atoms in total. The van der Waals surface area contributed by atoms with Crippen LogP contribution in [0.25, 0.3) is 11.4 Å². The van der Waals surface area contributed by atoms with Crippen LogP contribution in [0, 0.1) is 5.82 Å². The highest BCUT2D eigenvalue weighted by molar-refractivity contribution is 6.30. The van der Waals surface area contributed by atoms with Crippen LogP contribution in [-0.4, -0.2) is 34.1 Å². The van der Waals surface area contributed by atoms with Gasteiger partial charge in [0, 0.05) is 30.6 Å². The number of amides is 1. The number of ether oxygens (including phenoxy) is 1. The van der Waals surface area contributed by atoms with E-state index in [1.165, 1.54) is 12.1 Å². The number of carbonyl (C=O) groups excluding carboxylic acids is 1. The minimum absolute atomic E-state index is 0.0126. The van der Waals surface area contributed by atoms with E-state index in [1.807, 2.05) is 31.2 Å². The molecule has 2 aromatic carbocycles. The molecule has 29 heavy (non-hydrogen) atoms. The van der Waals surface area contributed by atoms with E-state index in [9.17, 15) is 9.18 Å². The predicted molar refractivity (Wildman–Crippen MR) is 105 cm³/mol. The molecule has 0 radical (unpaired) electrons. The average Bonchev–Trinajstić information content (AvgIpc) is 3.33. The van der Waals surface area contributed by atoms with E-state index in [0.29, 0.717) is 31.2 Å². The van der Waals surface area contributed by atoms with Gasteiger partial charge in [-0.05, 0) is 31.2 Å². The van der Waals surface area contributed by atoms with Gasteiger partial charge in [0.15, 0.2) is 0 Å². The summed E-state index contributed by atoms with van der Waals surface area (Å²) in [5.74, 6) is 0.660. The van der Waals surface area contributed by atoms with Crippen molar-refractivity contribution in [3.8, 4) is 17.1 Å². The van der Waals surface area contributed by atoms with Gasteiger partial charge in [0.05, 0.1) is 17.5 Å². The molecule has 0 saturated carbocycles. The van der Waals surface area contributed by atoms with Gasteiger partial charge in [-0.1, -0.05) is 35.0 Å². The Hall–Kier alpha value is -2.93. The lowest BCUT2D eigenvalue weighted by Gasteiger charge is -2.18.